The van der Waals surface area contributed by atoms with Gasteiger partial charge in [-0.3, -0.25) is 0 Å². The molecule has 2 aromatic rings. The van der Waals surface area contributed by atoms with Crippen LogP contribution in [0.2, 0.25) is 0 Å². The molecule has 1 heterocycles. The van der Waals surface area contributed by atoms with Gasteiger partial charge in [0.05, 0.1) is 12.3 Å². The third kappa shape index (κ3) is 4.53. The van der Waals surface area contributed by atoms with Crippen molar-refractivity contribution in [3.8, 4) is 11.5 Å². The zero-order valence-corrected chi connectivity index (χ0v) is 15.4. The van der Waals surface area contributed by atoms with Gasteiger partial charge in [-0.05, 0) is 36.2 Å². The van der Waals surface area contributed by atoms with E-state index < -0.39 is 21.9 Å². The van der Waals surface area contributed by atoms with E-state index in [1.165, 1.54) is 22.5 Å². The summed E-state index contributed by atoms with van der Waals surface area (Å²) in [5.41, 5.74) is 0.428. The van der Waals surface area contributed by atoms with Gasteiger partial charge in [0.2, 0.25) is 10.0 Å². The number of hydrogen-bond donors (Lipinski definition) is 0. The molecule has 1 aliphatic rings. The Bertz CT molecular complexity index is 856. The fraction of sp³-hybridized carbons (Fsp3) is 0.368. The molecule has 0 fully saturated rings. The second kappa shape index (κ2) is 8.05. The Morgan fingerprint density at radius 1 is 1.15 bits per heavy atom. The second-order valence-corrected chi connectivity index (χ2v) is 8.21. The number of nitrogens with zero attached hydrogens (tertiary/aromatic N) is 1. The van der Waals surface area contributed by atoms with E-state index in [1.807, 2.05) is 25.1 Å². The molecule has 0 N–H and O–H groups in total. The van der Waals surface area contributed by atoms with Crippen LogP contribution in [0.1, 0.15) is 18.9 Å². The van der Waals surface area contributed by atoms with Gasteiger partial charge in [-0.15, -0.1) is 0 Å². The van der Waals surface area contributed by atoms with Crippen LogP contribution in [-0.2, 0) is 15.8 Å². The van der Waals surface area contributed by atoms with Gasteiger partial charge >= 0.3 is 0 Å². The van der Waals surface area contributed by atoms with Gasteiger partial charge in [0.15, 0.2) is 11.5 Å². The average molecular weight is 379 g/mol. The number of hydrogen-bond acceptors (Lipinski definition) is 4. The Kier molecular flexibility index (Phi) is 5.78. The molecule has 26 heavy (non-hydrogen) atoms. The summed E-state index contributed by atoms with van der Waals surface area (Å²) in [7, 11) is -3.60. The summed E-state index contributed by atoms with van der Waals surface area (Å²) in [5, 5.41) is 0. The summed E-state index contributed by atoms with van der Waals surface area (Å²) in [4.78, 5) is 0. The molecule has 0 saturated heterocycles. The number of rotatable bonds is 7. The predicted octanol–water partition coefficient (Wildman–Crippen LogP) is 3.21. The molecule has 0 bridgehead atoms. The summed E-state index contributed by atoms with van der Waals surface area (Å²) in [6, 6.07) is 13.0. The SMILES string of the molecule is CCCN(CC1COc2ccccc2O1)S(=O)(=O)Cc1cccc(F)c1. The summed E-state index contributed by atoms with van der Waals surface area (Å²) in [6.45, 7) is 2.77. The van der Waals surface area contributed by atoms with E-state index in [-0.39, 0.29) is 18.9 Å². The number of para-hydroxylation sites is 2. The van der Waals surface area contributed by atoms with Gasteiger partial charge in [0.1, 0.15) is 18.5 Å². The highest BCUT2D eigenvalue weighted by atomic mass is 32.2. The van der Waals surface area contributed by atoms with Gasteiger partial charge in [-0.1, -0.05) is 31.2 Å². The zero-order chi connectivity index (χ0) is 18.6. The molecule has 0 aliphatic carbocycles. The van der Waals surface area contributed by atoms with Crippen molar-refractivity contribution in [1.82, 2.24) is 4.31 Å². The molecule has 0 saturated carbocycles. The molecule has 140 valence electrons. The number of sulfonamides is 1. The molecule has 3 rings (SSSR count). The van der Waals surface area contributed by atoms with Crippen molar-refractivity contribution in [3.63, 3.8) is 0 Å². The third-order valence-electron chi connectivity index (χ3n) is 4.08. The van der Waals surface area contributed by atoms with Crippen LogP contribution >= 0.6 is 0 Å². The minimum Gasteiger partial charge on any atom is -0.486 e. The van der Waals surface area contributed by atoms with E-state index in [1.54, 1.807) is 12.1 Å². The maximum absolute atomic E-state index is 13.4. The van der Waals surface area contributed by atoms with Crippen LogP contribution in [0.3, 0.4) is 0 Å². The first-order valence-electron chi connectivity index (χ1n) is 8.58. The van der Waals surface area contributed by atoms with Crippen molar-refractivity contribution < 1.29 is 22.3 Å². The molecule has 0 amide bonds. The van der Waals surface area contributed by atoms with E-state index in [2.05, 4.69) is 0 Å². The van der Waals surface area contributed by atoms with Crippen LogP contribution in [0.5, 0.6) is 11.5 Å². The van der Waals surface area contributed by atoms with Gasteiger partial charge in [0, 0.05) is 6.54 Å². The zero-order valence-electron chi connectivity index (χ0n) is 14.6. The minimum atomic E-state index is -3.60. The van der Waals surface area contributed by atoms with E-state index in [0.717, 1.165) is 0 Å². The van der Waals surface area contributed by atoms with Crippen molar-refractivity contribution in [3.05, 3.63) is 59.9 Å². The lowest BCUT2D eigenvalue weighted by Gasteiger charge is -2.30. The van der Waals surface area contributed by atoms with Crippen molar-refractivity contribution >= 4 is 10.0 Å². The lowest BCUT2D eigenvalue weighted by Crippen LogP contribution is -2.44. The Morgan fingerprint density at radius 2 is 1.92 bits per heavy atom. The smallest absolute Gasteiger partial charge is 0.218 e. The van der Waals surface area contributed by atoms with Crippen LogP contribution in [0.25, 0.3) is 0 Å². The largest absolute Gasteiger partial charge is 0.486 e. The summed E-state index contributed by atoms with van der Waals surface area (Å²) < 4.78 is 52.0. The third-order valence-corrected chi connectivity index (χ3v) is 5.90. The highest BCUT2D eigenvalue weighted by molar-refractivity contribution is 7.88. The van der Waals surface area contributed by atoms with Gasteiger partial charge in [-0.25, -0.2) is 12.8 Å². The van der Waals surface area contributed by atoms with Crippen molar-refractivity contribution in [2.45, 2.75) is 25.2 Å². The molecule has 0 spiro atoms. The lowest BCUT2D eigenvalue weighted by molar-refractivity contribution is 0.0763. The summed E-state index contributed by atoms with van der Waals surface area (Å²) in [5.74, 6) is 0.589. The molecule has 7 heteroatoms. The summed E-state index contributed by atoms with van der Waals surface area (Å²) >= 11 is 0. The van der Waals surface area contributed by atoms with Crippen LogP contribution < -0.4 is 9.47 Å². The molecular weight excluding hydrogens is 357 g/mol. The minimum absolute atomic E-state index is 0.194. The second-order valence-electron chi connectivity index (χ2n) is 6.24. The Labute approximate surface area is 153 Å². The number of ether oxygens (including phenoxy) is 2. The van der Waals surface area contributed by atoms with Gasteiger partial charge in [-0.2, -0.15) is 4.31 Å². The molecule has 0 aromatic heterocycles. The van der Waals surface area contributed by atoms with Crippen molar-refractivity contribution in [2.24, 2.45) is 0 Å². The molecule has 2 aromatic carbocycles. The first-order chi connectivity index (χ1) is 12.5. The normalized spacial score (nSPS) is 16.7. The van der Waals surface area contributed by atoms with Gasteiger partial charge in [0.25, 0.3) is 0 Å². The Hall–Kier alpha value is -2.12. The molecular formula is C19H22FNO4S. The predicted molar refractivity (Wildman–Crippen MR) is 97.2 cm³/mol. The van der Waals surface area contributed by atoms with Crippen LogP contribution in [0.15, 0.2) is 48.5 Å². The number of benzene rings is 2. The first kappa shape index (κ1) is 18.7. The summed E-state index contributed by atoms with van der Waals surface area (Å²) in [6.07, 6.45) is 0.283. The monoisotopic (exact) mass is 379 g/mol. The molecule has 0 radical (unpaired) electrons. The van der Waals surface area contributed by atoms with E-state index in [4.69, 9.17) is 9.47 Å². The maximum atomic E-state index is 13.4. The highest BCUT2D eigenvalue weighted by Gasteiger charge is 2.29. The number of halogens is 1. The van der Waals surface area contributed by atoms with Crippen LogP contribution in [-0.4, -0.2) is 38.5 Å². The fourth-order valence-electron chi connectivity index (χ4n) is 2.90. The van der Waals surface area contributed by atoms with Gasteiger partial charge < -0.3 is 9.47 Å². The number of fused-ring (bicyclic) bond motifs is 1. The Balaban J connectivity index is 1.72. The fourth-order valence-corrected chi connectivity index (χ4v) is 4.54. The maximum Gasteiger partial charge on any atom is 0.218 e. The molecule has 1 aliphatic heterocycles. The molecule has 5 nitrogen and oxygen atoms in total. The lowest BCUT2D eigenvalue weighted by atomic mass is 10.2. The quantitative estimate of drug-likeness (QED) is 0.741. The van der Waals surface area contributed by atoms with Crippen LogP contribution in [0, 0.1) is 5.82 Å². The molecule has 1 unspecified atom stereocenters. The van der Waals surface area contributed by atoms with E-state index in [0.29, 0.717) is 30.0 Å². The van der Waals surface area contributed by atoms with E-state index in [9.17, 15) is 12.8 Å². The average Bonchev–Trinajstić information content (AvgIpc) is 2.61. The van der Waals surface area contributed by atoms with Crippen molar-refractivity contribution in [1.29, 1.82) is 0 Å². The topological polar surface area (TPSA) is 55.8 Å². The van der Waals surface area contributed by atoms with E-state index >= 15 is 0 Å². The van der Waals surface area contributed by atoms with Crippen molar-refractivity contribution in [2.75, 3.05) is 19.7 Å². The Morgan fingerprint density at radius 3 is 2.65 bits per heavy atom. The first-order valence-corrected chi connectivity index (χ1v) is 10.2. The molecule has 1 atom stereocenters. The highest BCUT2D eigenvalue weighted by Crippen LogP contribution is 2.31. The van der Waals surface area contributed by atoms with Crippen LogP contribution in [0.4, 0.5) is 4.39 Å². The standard InChI is InChI=1S/C19H22FNO4S/c1-2-10-21(26(22,23)14-15-6-5-7-16(20)11-15)12-17-13-24-18-8-3-4-9-19(18)25-17/h3-9,11,17H,2,10,12-14H2,1H3.